The zero-order valence-corrected chi connectivity index (χ0v) is 15.7. The maximum Gasteiger partial charge on any atom is 0.317 e. The molecule has 1 aliphatic heterocycles. The van der Waals surface area contributed by atoms with Gasteiger partial charge in [-0.3, -0.25) is 0 Å². The smallest absolute Gasteiger partial charge is 0.317 e. The molecular weight excluding hydrogens is 321 g/mol. The Bertz CT molecular complexity index is 549. The zero-order chi connectivity index (χ0) is 18.4. The van der Waals surface area contributed by atoms with Crippen molar-refractivity contribution in [3.63, 3.8) is 0 Å². The normalized spacial score (nSPS) is 17.0. The molecule has 0 aliphatic carbocycles. The van der Waals surface area contributed by atoms with E-state index in [-0.39, 0.29) is 23.7 Å². The molecule has 1 N–H and O–H groups in total. The summed E-state index contributed by atoms with van der Waals surface area (Å²) >= 11 is 0. The number of hydrogen-bond acceptors (Lipinski definition) is 3. The third-order valence-electron chi connectivity index (χ3n) is 4.75. The van der Waals surface area contributed by atoms with Gasteiger partial charge in [-0.25, -0.2) is 9.18 Å². The van der Waals surface area contributed by atoms with Crippen LogP contribution in [-0.2, 0) is 0 Å². The van der Waals surface area contributed by atoms with Crippen LogP contribution in [0.4, 0.5) is 9.18 Å². The van der Waals surface area contributed by atoms with Crippen molar-refractivity contribution in [2.24, 2.45) is 5.92 Å². The summed E-state index contributed by atoms with van der Waals surface area (Å²) in [7, 11) is 4.06. The number of benzene rings is 1. The van der Waals surface area contributed by atoms with Crippen molar-refractivity contribution < 1.29 is 13.9 Å². The molecule has 1 aromatic rings. The first-order chi connectivity index (χ1) is 11.9. The van der Waals surface area contributed by atoms with Gasteiger partial charge in [-0.1, -0.05) is 26.0 Å². The summed E-state index contributed by atoms with van der Waals surface area (Å²) in [5.74, 6) is 0.414. The molecule has 2 rings (SSSR count). The Morgan fingerprint density at radius 2 is 1.96 bits per heavy atom. The number of para-hydroxylation sites is 1. The Kier molecular flexibility index (Phi) is 7.05. The Hall–Kier alpha value is -1.82. The van der Waals surface area contributed by atoms with Crippen LogP contribution in [0.25, 0.3) is 0 Å². The van der Waals surface area contributed by atoms with Gasteiger partial charge in [0.1, 0.15) is 6.10 Å². The van der Waals surface area contributed by atoms with Crippen molar-refractivity contribution >= 4 is 6.03 Å². The number of nitrogens with one attached hydrogen (secondary N) is 1. The van der Waals surface area contributed by atoms with E-state index in [0.29, 0.717) is 44.4 Å². The molecule has 2 amide bonds. The number of piperidine rings is 1. The highest BCUT2D eigenvalue weighted by Gasteiger charge is 2.25. The van der Waals surface area contributed by atoms with E-state index in [1.165, 1.54) is 6.07 Å². The number of ether oxygens (including phenoxy) is 1. The topological polar surface area (TPSA) is 44.8 Å². The van der Waals surface area contributed by atoms with Crippen LogP contribution in [0.3, 0.4) is 0 Å². The van der Waals surface area contributed by atoms with E-state index in [1.54, 1.807) is 18.2 Å². The fraction of sp³-hybridized carbons (Fsp3) is 0.632. The summed E-state index contributed by atoms with van der Waals surface area (Å²) in [5, 5.41) is 3.03. The molecule has 0 aromatic heterocycles. The molecule has 140 valence electrons. The van der Waals surface area contributed by atoms with Crippen LogP contribution in [0.5, 0.6) is 5.75 Å². The van der Waals surface area contributed by atoms with Gasteiger partial charge in [0, 0.05) is 38.5 Å². The number of carbonyl (C=O) groups is 1. The molecule has 1 aromatic carbocycles. The van der Waals surface area contributed by atoms with Crippen LogP contribution < -0.4 is 10.1 Å². The van der Waals surface area contributed by atoms with E-state index in [0.717, 1.165) is 0 Å². The molecule has 0 saturated carbocycles. The van der Waals surface area contributed by atoms with Crippen molar-refractivity contribution in [3.05, 3.63) is 30.1 Å². The van der Waals surface area contributed by atoms with Crippen LogP contribution in [0, 0.1) is 11.7 Å². The molecule has 0 spiro atoms. The van der Waals surface area contributed by atoms with E-state index in [9.17, 15) is 9.18 Å². The van der Waals surface area contributed by atoms with E-state index in [1.807, 2.05) is 19.0 Å². The van der Waals surface area contributed by atoms with E-state index >= 15 is 0 Å². The molecule has 0 radical (unpaired) electrons. The first-order valence-electron chi connectivity index (χ1n) is 8.99. The number of amides is 2. The predicted molar refractivity (Wildman–Crippen MR) is 97.3 cm³/mol. The number of urea groups is 1. The van der Waals surface area contributed by atoms with Crippen molar-refractivity contribution in [1.82, 2.24) is 15.1 Å². The van der Waals surface area contributed by atoms with Gasteiger partial charge in [-0.15, -0.1) is 0 Å². The third-order valence-corrected chi connectivity index (χ3v) is 4.75. The lowest BCUT2D eigenvalue weighted by Gasteiger charge is -2.33. The Morgan fingerprint density at radius 3 is 2.52 bits per heavy atom. The van der Waals surface area contributed by atoms with Gasteiger partial charge in [0.2, 0.25) is 0 Å². The molecule has 1 fully saturated rings. The fourth-order valence-electron chi connectivity index (χ4n) is 3.21. The van der Waals surface area contributed by atoms with Crippen LogP contribution in [-0.4, -0.2) is 61.7 Å². The molecule has 1 atom stereocenters. The lowest BCUT2D eigenvalue weighted by Crippen LogP contribution is -2.50. The Labute approximate surface area is 150 Å². The summed E-state index contributed by atoms with van der Waals surface area (Å²) in [4.78, 5) is 16.3. The highest BCUT2D eigenvalue weighted by Crippen LogP contribution is 2.21. The first kappa shape index (κ1) is 19.5. The van der Waals surface area contributed by atoms with Crippen molar-refractivity contribution in [3.8, 4) is 5.75 Å². The highest BCUT2D eigenvalue weighted by atomic mass is 19.1. The standard InChI is InChI=1S/C19H30FN3O2/c1-14(2)17(22(3)4)13-21-19(24)23-11-9-15(10-12-23)25-18-8-6-5-7-16(18)20/h5-8,14-15,17H,9-13H2,1-4H3,(H,21,24)/t17-/m1/s1. The highest BCUT2D eigenvalue weighted by molar-refractivity contribution is 5.74. The molecule has 6 heteroatoms. The third kappa shape index (κ3) is 5.59. The minimum absolute atomic E-state index is 0.0307. The van der Waals surface area contributed by atoms with Crippen LogP contribution in [0.1, 0.15) is 26.7 Å². The second-order valence-electron chi connectivity index (χ2n) is 7.20. The van der Waals surface area contributed by atoms with Crippen LogP contribution >= 0.6 is 0 Å². The fourth-order valence-corrected chi connectivity index (χ4v) is 3.21. The minimum atomic E-state index is -0.342. The molecule has 25 heavy (non-hydrogen) atoms. The maximum atomic E-state index is 13.7. The average Bonchev–Trinajstić information content (AvgIpc) is 2.57. The van der Waals surface area contributed by atoms with Crippen molar-refractivity contribution in [2.75, 3.05) is 33.7 Å². The van der Waals surface area contributed by atoms with Crippen molar-refractivity contribution in [2.45, 2.75) is 38.8 Å². The number of hydrogen-bond donors (Lipinski definition) is 1. The summed E-state index contributed by atoms with van der Waals surface area (Å²) in [6, 6.07) is 6.72. The predicted octanol–water partition coefficient (Wildman–Crippen LogP) is 2.96. The summed E-state index contributed by atoms with van der Waals surface area (Å²) < 4.78 is 19.4. The van der Waals surface area contributed by atoms with Gasteiger partial charge in [0.05, 0.1) is 0 Å². The van der Waals surface area contributed by atoms with Crippen molar-refractivity contribution in [1.29, 1.82) is 0 Å². The maximum absolute atomic E-state index is 13.7. The number of carbonyl (C=O) groups excluding carboxylic acids is 1. The SMILES string of the molecule is CC(C)[C@@H](CNC(=O)N1CCC(Oc2ccccc2F)CC1)N(C)C. The van der Waals surface area contributed by atoms with Gasteiger partial charge in [0.15, 0.2) is 11.6 Å². The number of likely N-dealkylation sites (tertiary alicyclic amines) is 1. The second-order valence-corrected chi connectivity index (χ2v) is 7.20. The minimum Gasteiger partial charge on any atom is -0.487 e. The Morgan fingerprint density at radius 1 is 1.32 bits per heavy atom. The molecule has 1 saturated heterocycles. The number of rotatable bonds is 6. The summed E-state index contributed by atoms with van der Waals surface area (Å²) in [6.45, 7) is 6.19. The second kappa shape index (κ2) is 9.04. The number of nitrogens with zero attached hydrogens (tertiary/aromatic N) is 2. The van der Waals surface area contributed by atoms with E-state index in [2.05, 4.69) is 24.1 Å². The van der Waals surface area contributed by atoms with Gasteiger partial charge < -0.3 is 19.9 Å². The molecule has 0 unspecified atom stereocenters. The van der Waals surface area contributed by atoms with Crippen LogP contribution in [0.2, 0.25) is 0 Å². The number of halogens is 1. The molecule has 1 heterocycles. The lowest BCUT2D eigenvalue weighted by atomic mass is 10.0. The molecule has 0 bridgehead atoms. The van der Waals surface area contributed by atoms with Gasteiger partial charge >= 0.3 is 6.03 Å². The van der Waals surface area contributed by atoms with Gasteiger partial charge in [-0.2, -0.15) is 0 Å². The van der Waals surface area contributed by atoms with E-state index < -0.39 is 0 Å². The summed E-state index contributed by atoms with van der Waals surface area (Å²) in [5.41, 5.74) is 0. The van der Waals surface area contributed by atoms with Crippen LogP contribution in [0.15, 0.2) is 24.3 Å². The first-order valence-corrected chi connectivity index (χ1v) is 8.99. The monoisotopic (exact) mass is 351 g/mol. The number of likely N-dealkylation sites (N-methyl/N-ethyl adjacent to an activating group) is 1. The molecular formula is C19H30FN3O2. The van der Waals surface area contributed by atoms with Gasteiger partial charge in [-0.05, 0) is 32.1 Å². The van der Waals surface area contributed by atoms with Gasteiger partial charge in [0.25, 0.3) is 0 Å². The Balaban J connectivity index is 1.77. The quantitative estimate of drug-likeness (QED) is 0.857. The molecule has 1 aliphatic rings. The lowest BCUT2D eigenvalue weighted by molar-refractivity contribution is 0.106. The average molecular weight is 351 g/mol. The van der Waals surface area contributed by atoms with E-state index in [4.69, 9.17) is 4.74 Å². The molecule has 5 nitrogen and oxygen atoms in total. The zero-order valence-electron chi connectivity index (χ0n) is 15.7. The largest absolute Gasteiger partial charge is 0.487 e. The summed E-state index contributed by atoms with van der Waals surface area (Å²) in [6.07, 6.45) is 1.37.